The molecule has 0 aliphatic rings. The number of hydrogen-bond acceptors (Lipinski definition) is 3. The molecule has 1 N–H and O–H groups in total. The van der Waals surface area contributed by atoms with Gasteiger partial charge in [-0.15, -0.1) is 0 Å². The predicted octanol–water partition coefficient (Wildman–Crippen LogP) is 2.15. The lowest BCUT2D eigenvalue weighted by molar-refractivity contribution is -0.142. The summed E-state index contributed by atoms with van der Waals surface area (Å²) in [4.78, 5) is 11.1. The Hall–Kier alpha value is -1.61. The Morgan fingerprint density at radius 1 is 1.44 bits per heavy atom. The third-order valence-corrected chi connectivity index (χ3v) is 2.18. The minimum absolute atomic E-state index is 0.0469. The average molecular weight is 220 g/mol. The quantitative estimate of drug-likeness (QED) is 0.624. The van der Waals surface area contributed by atoms with E-state index in [9.17, 15) is 9.90 Å². The summed E-state index contributed by atoms with van der Waals surface area (Å²) in [5.41, 5.74) is 2.19. The number of esters is 1. The maximum absolute atomic E-state index is 11.1. The molecule has 0 heterocycles. The van der Waals surface area contributed by atoms with Crippen LogP contribution in [0.4, 0.5) is 0 Å². The molecule has 1 unspecified atom stereocenters. The molecule has 0 aliphatic carbocycles. The monoisotopic (exact) mass is 220 g/mol. The molecule has 0 aromatic heterocycles. The number of aliphatic hydroxyl groups excluding tert-OH is 1. The highest BCUT2D eigenvalue weighted by atomic mass is 16.5. The molecule has 0 amide bonds. The Bertz CT molecular complexity index is 379. The lowest BCUT2D eigenvalue weighted by Crippen LogP contribution is -2.12. The molecule has 0 aliphatic heterocycles. The van der Waals surface area contributed by atoms with E-state index in [1.807, 2.05) is 31.2 Å². The highest BCUT2D eigenvalue weighted by molar-refractivity contribution is 5.86. The van der Waals surface area contributed by atoms with Crippen molar-refractivity contribution in [1.82, 2.24) is 0 Å². The summed E-state index contributed by atoms with van der Waals surface area (Å²) >= 11 is 0. The highest BCUT2D eigenvalue weighted by Gasteiger charge is 2.10. The van der Waals surface area contributed by atoms with E-state index < -0.39 is 12.1 Å². The van der Waals surface area contributed by atoms with Gasteiger partial charge in [-0.3, -0.25) is 0 Å². The molecule has 1 aromatic carbocycles. The first-order valence-electron chi connectivity index (χ1n) is 5.08. The SMILES string of the molecule is C=C(C)C(=O)OCC(O)c1ccc(C)cc1. The predicted molar refractivity (Wildman–Crippen MR) is 61.9 cm³/mol. The van der Waals surface area contributed by atoms with Crippen LogP contribution in [-0.2, 0) is 9.53 Å². The Morgan fingerprint density at radius 3 is 2.50 bits per heavy atom. The van der Waals surface area contributed by atoms with Gasteiger partial charge in [0.2, 0.25) is 0 Å². The Labute approximate surface area is 95.4 Å². The average Bonchev–Trinajstić information content (AvgIpc) is 2.26. The van der Waals surface area contributed by atoms with Gasteiger partial charge >= 0.3 is 5.97 Å². The van der Waals surface area contributed by atoms with Gasteiger partial charge in [0.15, 0.2) is 0 Å². The normalized spacial score (nSPS) is 11.9. The number of carbonyl (C=O) groups excluding carboxylic acids is 1. The summed E-state index contributed by atoms with van der Waals surface area (Å²) in [5, 5.41) is 9.74. The lowest BCUT2D eigenvalue weighted by Gasteiger charge is -2.11. The lowest BCUT2D eigenvalue weighted by atomic mass is 10.1. The minimum atomic E-state index is -0.788. The van der Waals surface area contributed by atoms with E-state index in [1.54, 1.807) is 6.92 Å². The number of carbonyl (C=O) groups is 1. The summed E-state index contributed by atoms with van der Waals surface area (Å²) < 4.78 is 4.86. The van der Waals surface area contributed by atoms with Gasteiger partial charge in [0, 0.05) is 5.57 Å². The fourth-order valence-corrected chi connectivity index (χ4v) is 1.16. The number of rotatable bonds is 4. The smallest absolute Gasteiger partial charge is 0.333 e. The van der Waals surface area contributed by atoms with E-state index in [1.165, 1.54) is 0 Å². The first-order valence-corrected chi connectivity index (χ1v) is 5.08. The van der Waals surface area contributed by atoms with Crippen molar-refractivity contribution in [2.24, 2.45) is 0 Å². The molecule has 86 valence electrons. The molecule has 0 saturated carbocycles. The van der Waals surface area contributed by atoms with Crippen molar-refractivity contribution in [1.29, 1.82) is 0 Å². The fourth-order valence-electron chi connectivity index (χ4n) is 1.16. The van der Waals surface area contributed by atoms with Crippen molar-refractivity contribution in [3.05, 3.63) is 47.5 Å². The van der Waals surface area contributed by atoms with Gasteiger partial charge in [-0.2, -0.15) is 0 Å². The fraction of sp³-hybridized carbons (Fsp3) is 0.308. The van der Waals surface area contributed by atoms with Crippen LogP contribution in [0.25, 0.3) is 0 Å². The van der Waals surface area contributed by atoms with E-state index in [2.05, 4.69) is 6.58 Å². The van der Waals surface area contributed by atoms with Crippen LogP contribution in [0.2, 0.25) is 0 Å². The molecule has 3 nitrogen and oxygen atoms in total. The van der Waals surface area contributed by atoms with Gasteiger partial charge in [-0.25, -0.2) is 4.79 Å². The van der Waals surface area contributed by atoms with Crippen LogP contribution < -0.4 is 0 Å². The van der Waals surface area contributed by atoms with E-state index in [0.717, 1.165) is 11.1 Å². The van der Waals surface area contributed by atoms with Crippen LogP contribution >= 0.6 is 0 Å². The van der Waals surface area contributed by atoms with E-state index >= 15 is 0 Å². The molecule has 1 atom stereocenters. The van der Waals surface area contributed by atoms with Crippen LogP contribution in [0.5, 0.6) is 0 Å². The van der Waals surface area contributed by atoms with Gasteiger partial charge in [0.25, 0.3) is 0 Å². The third kappa shape index (κ3) is 3.51. The molecule has 16 heavy (non-hydrogen) atoms. The van der Waals surface area contributed by atoms with Crippen LogP contribution in [0.3, 0.4) is 0 Å². The van der Waals surface area contributed by atoms with Crippen LogP contribution in [0.15, 0.2) is 36.4 Å². The standard InChI is InChI=1S/C13H16O3/c1-9(2)13(15)16-8-12(14)11-6-4-10(3)5-7-11/h4-7,12,14H,1,8H2,2-3H3. The summed E-state index contributed by atoms with van der Waals surface area (Å²) in [5.74, 6) is -0.480. The number of aryl methyl sites for hydroxylation is 1. The largest absolute Gasteiger partial charge is 0.459 e. The first-order chi connectivity index (χ1) is 7.50. The molecule has 0 spiro atoms. The molecule has 3 heteroatoms. The van der Waals surface area contributed by atoms with E-state index in [4.69, 9.17) is 4.74 Å². The van der Waals surface area contributed by atoms with Gasteiger partial charge in [-0.05, 0) is 19.4 Å². The van der Waals surface area contributed by atoms with Gasteiger partial charge < -0.3 is 9.84 Å². The summed E-state index contributed by atoms with van der Waals surface area (Å²) in [6.07, 6.45) is -0.788. The van der Waals surface area contributed by atoms with Crippen LogP contribution in [0, 0.1) is 6.92 Å². The molecule has 0 saturated heterocycles. The number of benzene rings is 1. The van der Waals surface area contributed by atoms with Crippen molar-refractivity contribution < 1.29 is 14.6 Å². The van der Waals surface area contributed by atoms with Crippen LogP contribution in [-0.4, -0.2) is 17.7 Å². The zero-order valence-electron chi connectivity index (χ0n) is 9.56. The second kappa shape index (κ2) is 5.47. The minimum Gasteiger partial charge on any atom is -0.459 e. The first kappa shape index (κ1) is 12.5. The molecular weight excluding hydrogens is 204 g/mol. The summed E-state index contributed by atoms with van der Waals surface area (Å²) in [7, 11) is 0. The Balaban J connectivity index is 2.52. The van der Waals surface area contributed by atoms with Crippen molar-refractivity contribution in [2.45, 2.75) is 20.0 Å². The molecule has 0 bridgehead atoms. The second-order valence-electron chi connectivity index (χ2n) is 3.81. The van der Waals surface area contributed by atoms with Crippen LogP contribution in [0.1, 0.15) is 24.2 Å². The van der Waals surface area contributed by atoms with Gasteiger partial charge in [-0.1, -0.05) is 36.4 Å². The number of hydrogen-bond donors (Lipinski definition) is 1. The van der Waals surface area contributed by atoms with E-state index in [0.29, 0.717) is 5.57 Å². The summed E-state index contributed by atoms with van der Waals surface area (Å²) in [6, 6.07) is 7.43. The molecule has 0 radical (unpaired) electrons. The molecule has 1 aromatic rings. The van der Waals surface area contributed by atoms with Gasteiger partial charge in [0.05, 0.1) is 0 Å². The van der Waals surface area contributed by atoms with Crippen molar-refractivity contribution in [2.75, 3.05) is 6.61 Å². The van der Waals surface area contributed by atoms with E-state index in [-0.39, 0.29) is 6.61 Å². The third-order valence-electron chi connectivity index (χ3n) is 2.18. The highest BCUT2D eigenvalue weighted by Crippen LogP contribution is 2.14. The number of ether oxygens (including phenoxy) is 1. The Morgan fingerprint density at radius 2 is 2.00 bits per heavy atom. The zero-order valence-corrected chi connectivity index (χ0v) is 9.56. The Kier molecular flexibility index (Phi) is 4.26. The van der Waals surface area contributed by atoms with Gasteiger partial charge in [0.1, 0.15) is 12.7 Å². The molecule has 0 fully saturated rings. The molecule has 1 rings (SSSR count). The molecular formula is C13H16O3. The van der Waals surface area contributed by atoms with Crippen molar-refractivity contribution in [3.8, 4) is 0 Å². The second-order valence-corrected chi connectivity index (χ2v) is 3.81. The maximum Gasteiger partial charge on any atom is 0.333 e. The maximum atomic E-state index is 11.1. The zero-order chi connectivity index (χ0) is 12.1. The summed E-state index contributed by atoms with van der Waals surface area (Å²) in [6.45, 7) is 6.95. The number of aliphatic hydroxyl groups is 1. The topological polar surface area (TPSA) is 46.5 Å². The van der Waals surface area contributed by atoms with Crippen molar-refractivity contribution in [3.63, 3.8) is 0 Å². The van der Waals surface area contributed by atoms with Crippen molar-refractivity contribution >= 4 is 5.97 Å².